The number of pyridine rings is 1. The van der Waals surface area contributed by atoms with Crippen LogP contribution in [0.3, 0.4) is 0 Å². The number of nitrogens with zero attached hydrogens (tertiary/aromatic N) is 4. The zero-order valence-electron chi connectivity index (χ0n) is 17.0. The number of H-pyrrole nitrogens is 1. The molecular formula is C21H23Cl2N7. The fraction of sp³-hybridized carbons (Fsp3) is 0.333. The molecule has 156 valence electrons. The molecule has 3 aromatic heterocycles. The van der Waals surface area contributed by atoms with Crippen molar-refractivity contribution in [3.8, 4) is 0 Å². The lowest BCUT2D eigenvalue weighted by atomic mass is 10.1. The Morgan fingerprint density at radius 1 is 1.07 bits per heavy atom. The van der Waals surface area contributed by atoms with Crippen molar-refractivity contribution in [2.75, 3.05) is 23.3 Å². The standard InChI is InChI=1S/C21H23Cl2N7/c1-11-7-29(8-12(2)24-11)15-5-16(22)19-18(6-15)27-28-20(19)26-14-4-17(23)21-25-13(3)9-30(21)10-14/h4-6,9-12,24H,7-8H2,1-3H3,(H2,26,27,28)/t11-,12+. The molecule has 0 bridgehead atoms. The van der Waals surface area contributed by atoms with Crippen molar-refractivity contribution in [3.63, 3.8) is 0 Å². The number of halogens is 2. The number of aromatic amines is 1. The maximum atomic E-state index is 6.71. The Bertz CT molecular complexity index is 1240. The monoisotopic (exact) mass is 443 g/mol. The van der Waals surface area contributed by atoms with Crippen LogP contribution in [0.2, 0.25) is 10.0 Å². The summed E-state index contributed by atoms with van der Waals surface area (Å²) in [5.41, 5.74) is 4.44. The molecule has 1 saturated heterocycles. The fourth-order valence-corrected chi connectivity index (χ4v) is 4.85. The van der Waals surface area contributed by atoms with Crippen LogP contribution in [0.1, 0.15) is 19.5 Å². The number of piperazine rings is 1. The van der Waals surface area contributed by atoms with Crippen LogP contribution in [0.4, 0.5) is 17.2 Å². The summed E-state index contributed by atoms with van der Waals surface area (Å²) in [7, 11) is 0. The maximum absolute atomic E-state index is 6.71. The first kappa shape index (κ1) is 19.5. The average molecular weight is 444 g/mol. The minimum Gasteiger partial charge on any atom is -0.368 e. The Hall–Kier alpha value is -2.48. The van der Waals surface area contributed by atoms with Gasteiger partial charge in [0, 0.05) is 43.3 Å². The fourth-order valence-electron chi connectivity index (χ4n) is 4.29. The summed E-state index contributed by atoms with van der Waals surface area (Å²) in [4.78, 5) is 6.79. The number of fused-ring (bicyclic) bond motifs is 2. The van der Waals surface area contributed by atoms with E-state index in [0.717, 1.165) is 46.7 Å². The number of aromatic nitrogens is 4. The molecule has 0 spiro atoms. The van der Waals surface area contributed by atoms with Gasteiger partial charge in [-0.3, -0.25) is 5.10 Å². The molecular weight excluding hydrogens is 421 g/mol. The molecule has 2 atom stereocenters. The van der Waals surface area contributed by atoms with E-state index >= 15 is 0 Å². The van der Waals surface area contributed by atoms with Crippen LogP contribution in [-0.2, 0) is 0 Å². The van der Waals surface area contributed by atoms with Crippen molar-refractivity contribution in [2.24, 2.45) is 0 Å². The highest BCUT2D eigenvalue weighted by Gasteiger charge is 2.23. The lowest BCUT2D eigenvalue weighted by Gasteiger charge is -2.37. The van der Waals surface area contributed by atoms with Crippen molar-refractivity contribution in [2.45, 2.75) is 32.9 Å². The maximum Gasteiger partial charge on any atom is 0.161 e. The van der Waals surface area contributed by atoms with Gasteiger partial charge in [0.2, 0.25) is 0 Å². The first-order valence-electron chi connectivity index (χ1n) is 9.98. The average Bonchev–Trinajstić information content (AvgIpc) is 3.24. The van der Waals surface area contributed by atoms with Gasteiger partial charge in [0.05, 0.1) is 32.3 Å². The first-order valence-corrected chi connectivity index (χ1v) is 10.7. The Morgan fingerprint density at radius 3 is 2.60 bits per heavy atom. The van der Waals surface area contributed by atoms with Crippen molar-refractivity contribution in [1.82, 2.24) is 24.9 Å². The Morgan fingerprint density at radius 2 is 1.83 bits per heavy atom. The van der Waals surface area contributed by atoms with Crippen LogP contribution < -0.4 is 15.5 Å². The van der Waals surface area contributed by atoms with E-state index in [9.17, 15) is 0 Å². The van der Waals surface area contributed by atoms with Gasteiger partial charge in [0.1, 0.15) is 0 Å². The van der Waals surface area contributed by atoms with Gasteiger partial charge in [-0.25, -0.2) is 4.98 Å². The molecule has 1 fully saturated rings. The van der Waals surface area contributed by atoms with E-state index in [-0.39, 0.29) is 0 Å². The highest BCUT2D eigenvalue weighted by Crippen LogP contribution is 2.35. The van der Waals surface area contributed by atoms with E-state index in [2.05, 4.69) is 50.6 Å². The highest BCUT2D eigenvalue weighted by atomic mass is 35.5. The molecule has 0 saturated carbocycles. The molecule has 30 heavy (non-hydrogen) atoms. The molecule has 1 aromatic carbocycles. The first-order chi connectivity index (χ1) is 14.4. The van der Waals surface area contributed by atoms with Gasteiger partial charge in [-0.15, -0.1) is 0 Å². The second-order valence-electron chi connectivity index (χ2n) is 8.11. The summed E-state index contributed by atoms with van der Waals surface area (Å²) in [6.07, 6.45) is 3.87. The molecule has 0 unspecified atom stereocenters. The molecule has 0 aliphatic carbocycles. The Labute approximate surface area is 184 Å². The smallest absolute Gasteiger partial charge is 0.161 e. The van der Waals surface area contributed by atoms with Crippen LogP contribution in [0, 0.1) is 6.92 Å². The van der Waals surface area contributed by atoms with E-state index in [1.165, 1.54) is 0 Å². The minimum absolute atomic E-state index is 0.425. The second kappa shape index (κ2) is 7.34. The van der Waals surface area contributed by atoms with Gasteiger partial charge in [0.25, 0.3) is 0 Å². The van der Waals surface area contributed by atoms with Gasteiger partial charge in [-0.2, -0.15) is 5.10 Å². The minimum atomic E-state index is 0.425. The SMILES string of the molecule is Cc1cn2cc(Nc3n[nH]c4cc(N5C[C@@H](C)N[C@@H](C)C5)cc(Cl)c34)cc(Cl)c2n1. The number of rotatable bonds is 3. The number of nitrogens with one attached hydrogen (secondary N) is 3. The molecule has 4 aromatic rings. The van der Waals surface area contributed by atoms with E-state index in [4.69, 9.17) is 23.2 Å². The lowest BCUT2D eigenvalue weighted by Crippen LogP contribution is -2.54. The van der Waals surface area contributed by atoms with Crippen LogP contribution in [0.5, 0.6) is 0 Å². The topological polar surface area (TPSA) is 73.3 Å². The lowest BCUT2D eigenvalue weighted by molar-refractivity contribution is 0.407. The van der Waals surface area contributed by atoms with Crippen molar-refractivity contribution in [1.29, 1.82) is 0 Å². The number of hydrogen-bond acceptors (Lipinski definition) is 5. The number of benzene rings is 1. The van der Waals surface area contributed by atoms with Gasteiger partial charge in [-0.1, -0.05) is 23.2 Å². The summed E-state index contributed by atoms with van der Waals surface area (Å²) >= 11 is 13.1. The molecule has 1 aliphatic rings. The van der Waals surface area contributed by atoms with E-state index in [1.807, 2.05) is 35.9 Å². The number of anilines is 3. The quantitative estimate of drug-likeness (QED) is 0.425. The second-order valence-corrected chi connectivity index (χ2v) is 8.93. The largest absolute Gasteiger partial charge is 0.368 e. The Balaban J connectivity index is 1.49. The zero-order chi connectivity index (χ0) is 21.0. The van der Waals surface area contributed by atoms with Crippen LogP contribution in [0.15, 0.2) is 30.6 Å². The third-order valence-corrected chi connectivity index (χ3v) is 5.99. The molecule has 3 N–H and O–H groups in total. The summed E-state index contributed by atoms with van der Waals surface area (Å²) in [5, 5.41) is 16.6. The van der Waals surface area contributed by atoms with Crippen LogP contribution >= 0.6 is 23.2 Å². The molecule has 1 aliphatic heterocycles. The third-order valence-electron chi connectivity index (χ3n) is 5.41. The molecule has 0 amide bonds. The number of hydrogen-bond donors (Lipinski definition) is 3. The van der Waals surface area contributed by atoms with Gasteiger partial charge in [0.15, 0.2) is 11.5 Å². The summed E-state index contributed by atoms with van der Waals surface area (Å²) < 4.78 is 1.90. The van der Waals surface area contributed by atoms with Gasteiger partial charge in [-0.05, 0) is 39.0 Å². The number of aryl methyl sites for hydroxylation is 1. The molecule has 9 heteroatoms. The molecule has 7 nitrogen and oxygen atoms in total. The molecule has 5 rings (SSSR count). The van der Waals surface area contributed by atoms with Crippen molar-refractivity contribution < 1.29 is 0 Å². The molecule has 0 radical (unpaired) electrons. The zero-order valence-corrected chi connectivity index (χ0v) is 18.5. The van der Waals surface area contributed by atoms with Crippen LogP contribution in [0.25, 0.3) is 16.6 Å². The highest BCUT2D eigenvalue weighted by molar-refractivity contribution is 6.37. The summed E-state index contributed by atoms with van der Waals surface area (Å²) in [6, 6.07) is 6.82. The summed E-state index contributed by atoms with van der Waals surface area (Å²) in [5.74, 6) is 0.663. The summed E-state index contributed by atoms with van der Waals surface area (Å²) in [6.45, 7) is 8.22. The predicted octanol–water partition coefficient (Wildman–Crippen LogP) is 4.76. The van der Waals surface area contributed by atoms with Gasteiger partial charge < -0.3 is 19.9 Å². The Kier molecular flexibility index (Phi) is 4.76. The van der Waals surface area contributed by atoms with E-state index in [1.54, 1.807) is 0 Å². The van der Waals surface area contributed by atoms with Crippen molar-refractivity contribution >= 4 is 56.9 Å². The van der Waals surface area contributed by atoms with E-state index in [0.29, 0.717) is 27.9 Å². The van der Waals surface area contributed by atoms with Crippen molar-refractivity contribution in [3.05, 3.63) is 46.3 Å². The number of imidazole rings is 1. The van der Waals surface area contributed by atoms with Gasteiger partial charge >= 0.3 is 0 Å². The van der Waals surface area contributed by atoms with E-state index < -0.39 is 0 Å². The molecule has 4 heterocycles. The normalized spacial score (nSPS) is 19.7. The third kappa shape index (κ3) is 3.47. The van der Waals surface area contributed by atoms with Crippen LogP contribution in [-0.4, -0.2) is 44.8 Å². The predicted molar refractivity (Wildman–Crippen MR) is 124 cm³/mol.